The van der Waals surface area contributed by atoms with Crippen molar-refractivity contribution in [2.45, 2.75) is 51.0 Å². The summed E-state index contributed by atoms with van der Waals surface area (Å²) in [5.41, 5.74) is 3.23. The van der Waals surface area contributed by atoms with Crippen molar-refractivity contribution in [3.63, 3.8) is 0 Å². The maximum absolute atomic E-state index is 13.5. The minimum Gasteiger partial charge on any atom is -0.506 e. The molecule has 0 radical (unpaired) electrons. The van der Waals surface area contributed by atoms with Gasteiger partial charge in [0, 0.05) is 55.3 Å². The Morgan fingerprint density at radius 1 is 0.859 bits per heavy atom. The molecule has 1 saturated heterocycles. The highest BCUT2D eigenvalue weighted by Gasteiger charge is 2.42. The van der Waals surface area contributed by atoms with Gasteiger partial charge < -0.3 is 41.0 Å². The maximum Gasteiger partial charge on any atom is 0.347 e. The molecule has 13 nitrogen and oxygen atoms in total. The number of phenolic OH excluding ortho intramolecular Hbond substituents is 1. The number of nitrogens with one attached hydrogen (secondary N) is 4. The molecule has 6 aromatic rings. The standard InChI is InChI=1S/C32H37N3O5.C19H20N2O3/c36-24-33-17-8-18-34-30(37)27-11-7-14-29(21-27)32(39,28-12-5-2-6-13-28)31(38)40-23-26-15-19-35(20-16-26)22-25-9-3-1-4-10-25;1-12-2-4-13(5-3-12)10-20-11-17(23)14-6-8-16(22)19-15(14)7-9-18(24)21-19/h1-7,9-14,21,24,26,39H,8,15-20,22-23H2,(H,33,36)(H,34,37);2-9,17,20,22-23H,10-11H2,1H3,(H,21,24). The third-order valence-corrected chi connectivity index (χ3v) is 11.4. The highest BCUT2D eigenvalue weighted by molar-refractivity contribution is 5.95. The van der Waals surface area contributed by atoms with E-state index >= 15 is 0 Å². The molecule has 0 bridgehead atoms. The molecule has 1 aliphatic rings. The largest absolute Gasteiger partial charge is 0.506 e. The number of aryl methyl sites for hydroxylation is 1. The van der Waals surface area contributed by atoms with E-state index < -0.39 is 17.7 Å². The van der Waals surface area contributed by atoms with Crippen LogP contribution in [0.3, 0.4) is 0 Å². The first-order valence-corrected chi connectivity index (χ1v) is 21.6. The second-order valence-corrected chi connectivity index (χ2v) is 16.1. The number of carbonyl (C=O) groups is 3. The second-order valence-electron chi connectivity index (χ2n) is 16.1. The first kappa shape index (κ1) is 46.9. The number of nitrogens with zero attached hydrogens (tertiary/aromatic N) is 1. The number of piperidine rings is 1. The van der Waals surface area contributed by atoms with Crippen molar-refractivity contribution in [3.05, 3.63) is 183 Å². The summed E-state index contributed by atoms with van der Waals surface area (Å²) >= 11 is 0. The number of aliphatic hydroxyl groups excluding tert-OH is 1. The maximum atomic E-state index is 13.5. The zero-order valence-corrected chi connectivity index (χ0v) is 36.0. The summed E-state index contributed by atoms with van der Waals surface area (Å²) < 4.78 is 5.77. The molecule has 0 aliphatic carbocycles. The van der Waals surface area contributed by atoms with E-state index in [1.165, 1.54) is 29.3 Å². The second kappa shape index (κ2) is 23.2. The molecule has 0 spiro atoms. The highest BCUT2D eigenvalue weighted by Crippen LogP contribution is 2.33. The van der Waals surface area contributed by atoms with E-state index in [1.807, 2.05) is 31.2 Å². The fourth-order valence-corrected chi connectivity index (χ4v) is 7.69. The van der Waals surface area contributed by atoms with Crippen LogP contribution < -0.4 is 21.5 Å². The van der Waals surface area contributed by atoms with Crippen LogP contribution in [0.15, 0.2) is 138 Å². The van der Waals surface area contributed by atoms with Crippen LogP contribution in [0.4, 0.5) is 0 Å². The van der Waals surface area contributed by atoms with E-state index in [1.54, 1.807) is 54.6 Å². The first-order chi connectivity index (χ1) is 31.0. The minimum atomic E-state index is -2.07. The Labute approximate surface area is 373 Å². The fraction of sp³-hybridized carbons (Fsp3) is 0.294. The molecule has 2 unspecified atom stereocenters. The van der Waals surface area contributed by atoms with Crippen molar-refractivity contribution in [1.29, 1.82) is 0 Å². The number of amides is 2. The molecular weight excluding hydrogens is 811 g/mol. The van der Waals surface area contributed by atoms with Crippen LogP contribution in [-0.4, -0.2) is 82.8 Å². The molecule has 7 N–H and O–H groups in total. The molecule has 5 aromatic carbocycles. The summed E-state index contributed by atoms with van der Waals surface area (Å²) in [6.07, 6.45) is 2.26. The average Bonchev–Trinajstić information content (AvgIpc) is 3.32. The Balaban J connectivity index is 0.000000241. The third kappa shape index (κ3) is 12.7. The number of ether oxygens (including phenoxy) is 1. The Hall–Kier alpha value is -6.64. The number of esters is 1. The zero-order chi connectivity index (χ0) is 45.3. The highest BCUT2D eigenvalue weighted by atomic mass is 16.5. The number of carbonyl (C=O) groups excluding carboxylic acids is 3. The number of aromatic hydroxyl groups is 1. The number of pyridine rings is 1. The van der Waals surface area contributed by atoms with Crippen LogP contribution in [0.25, 0.3) is 10.9 Å². The van der Waals surface area contributed by atoms with Gasteiger partial charge in [-0.25, -0.2) is 4.79 Å². The Bertz CT molecular complexity index is 2490. The molecule has 1 fully saturated rings. The van der Waals surface area contributed by atoms with Crippen LogP contribution in [0.2, 0.25) is 0 Å². The van der Waals surface area contributed by atoms with E-state index in [0.29, 0.717) is 66.6 Å². The molecule has 2 atom stereocenters. The van der Waals surface area contributed by atoms with Gasteiger partial charge in [0.1, 0.15) is 5.75 Å². The predicted molar refractivity (Wildman–Crippen MR) is 246 cm³/mol. The van der Waals surface area contributed by atoms with Crippen LogP contribution in [0.5, 0.6) is 5.75 Å². The van der Waals surface area contributed by atoms with Crippen molar-refractivity contribution in [1.82, 2.24) is 25.8 Å². The SMILES string of the molecule is Cc1ccc(CNCC(O)c2ccc(O)c3[nH]c(=O)ccc23)cc1.O=CNCCCNC(=O)c1cccc(C(O)(C(=O)OCC2CCN(Cc3ccccc3)CC2)c2ccccc2)c1. The van der Waals surface area contributed by atoms with Crippen LogP contribution in [-0.2, 0) is 33.0 Å². The molecule has 13 heteroatoms. The van der Waals surface area contributed by atoms with Crippen molar-refractivity contribution >= 4 is 29.2 Å². The molecule has 1 aromatic heterocycles. The Kier molecular flexibility index (Phi) is 17.0. The summed E-state index contributed by atoms with van der Waals surface area (Å²) in [6, 6.07) is 39.8. The smallest absolute Gasteiger partial charge is 0.347 e. The van der Waals surface area contributed by atoms with E-state index in [0.717, 1.165) is 38.0 Å². The molecule has 0 saturated carbocycles. The van der Waals surface area contributed by atoms with Gasteiger partial charge in [-0.3, -0.25) is 19.3 Å². The zero-order valence-electron chi connectivity index (χ0n) is 36.0. The van der Waals surface area contributed by atoms with Gasteiger partial charge in [-0.05, 0) is 91.7 Å². The van der Waals surface area contributed by atoms with Gasteiger partial charge in [0.2, 0.25) is 17.6 Å². The summed E-state index contributed by atoms with van der Waals surface area (Å²) in [4.78, 5) is 53.1. The number of aromatic nitrogens is 1. The number of hydrogen-bond acceptors (Lipinski definition) is 10. The molecule has 1 aliphatic heterocycles. The number of likely N-dealkylation sites (tertiary alicyclic amines) is 1. The van der Waals surface area contributed by atoms with Gasteiger partial charge in [0.15, 0.2) is 0 Å². The lowest BCUT2D eigenvalue weighted by molar-refractivity contribution is -0.164. The molecule has 334 valence electrons. The van der Waals surface area contributed by atoms with Crippen molar-refractivity contribution in [3.8, 4) is 5.75 Å². The molecule has 7 rings (SSSR count). The number of rotatable bonds is 18. The summed E-state index contributed by atoms with van der Waals surface area (Å²) in [5.74, 6) is -0.894. The molecular formula is C51H57N5O8. The fourth-order valence-electron chi connectivity index (χ4n) is 7.69. The van der Waals surface area contributed by atoms with Gasteiger partial charge >= 0.3 is 5.97 Å². The lowest BCUT2D eigenvalue weighted by Gasteiger charge is -2.33. The van der Waals surface area contributed by atoms with E-state index in [4.69, 9.17) is 4.74 Å². The van der Waals surface area contributed by atoms with E-state index in [9.17, 15) is 34.5 Å². The predicted octanol–water partition coefficient (Wildman–Crippen LogP) is 5.61. The normalized spacial score (nSPS) is 14.4. The van der Waals surface area contributed by atoms with Crippen LogP contribution >= 0.6 is 0 Å². The topological polar surface area (TPSA) is 193 Å². The van der Waals surface area contributed by atoms with Gasteiger partial charge in [-0.15, -0.1) is 0 Å². The Morgan fingerprint density at radius 2 is 1.56 bits per heavy atom. The van der Waals surface area contributed by atoms with E-state index in [-0.39, 0.29) is 35.3 Å². The third-order valence-electron chi connectivity index (χ3n) is 11.4. The summed E-state index contributed by atoms with van der Waals surface area (Å²) in [7, 11) is 0. The molecule has 2 amide bonds. The quantitative estimate of drug-likeness (QED) is 0.0325. The van der Waals surface area contributed by atoms with Crippen molar-refractivity contribution < 1.29 is 34.4 Å². The van der Waals surface area contributed by atoms with Gasteiger partial charge in [-0.1, -0.05) is 109 Å². The van der Waals surface area contributed by atoms with Crippen molar-refractivity contribution in [2.75, 3.05) is 39.3 Å². The lowest BCUT2D eigenvalue weighted by atomic mass is 9.85. The monoisotopic (exact) mass is 867 g/mol. The number of fused-ring (bicyclic) bond motifs is 1. The number of hydrogen-bond donors (Lipinski definition) is 7. The van der Waals surface area contributed by atoms with Gasteiger partial charge in [-0.2, -0.15) is 0 Å². The van der Waals surface area contributed by atoms with Crippen LogP contribution in [0.1, 0.15) is 69.1 Å². The number of benzene rings is 5. The Morgan fingerprint density at radius 3 is 2.28 bits per heavy atom. The number of phenols is 1. The summed E-state index contributed by atoms with van der Waals surface area (Å²) in [6.45, 7) is 6.86. The number of aliphatic hydroxyl groups is 2. The van der Waals surface area contributed by atoms with Gasteiger partial charge in [0.25, 0.3) is 5.91 Å². The summed E-state index contributed by atoms with van der Waals surface area (Å²) in [5, 5.41) is 41.4. The van der Waals surface area contributed by atoms with Crippen molar-refractivity contribution in [2.24, 2.45) is 5.92 Å². The minimum absolute atomic E-state index is 0.00809. The lowest BCUT2D eigenvalue weighted by Crippen LogP contribution is -2.41. The van der Waals surface area contributed by atoms with Gasteiger partial charge in [0.05, 0.1) is 18.2 Å². The molecule has 64 heavy (non-hydrogen) atoms. The number of aromatic amines is 1. The number of H-pyrrole nitrogens is 1. The average molecular weight is 868 g/mol. The van der Waals surface area contributed by atoms with E-state index in [2.05, 4.69) is 62.2 Å². The van der Waals surface area contributed by atoms with Crippen LogP contribution in [0, 0.1) is 12.8 Å². The molecule has 2 heterocycles. The first-order valence-electron chi connectivity index (χ1n) is 21.6.